The first-order valence-corrected chi connectivity index (χ1v) is 12.9. The van der Waals surface area contributed by atoms with E-state index in [1.165, 1.54) is 28.7 Å². The highest BCUT2D eigenvalue weighted by atomic mass is 19.1. The Morgan fingerprint density at radius 1 is 0.842 bits per heavy atom. The molecule has 1 heterocycles. The van der Waals surface area contributed by atoms with E-state index >= 15 is 0 Å². The summed E-state index contributed by atoms with van der Waals surface area (Å²) in [6.07, 6.45) is 5.44. The zero-order valence-electron chi connectivity index (χ0n) is 22.1. The van der Waals surface area contributed by atoms with Gasteiger partial charge in [-0.25, -0.2) is 18.4 Å². The van der Waals surface area contributed by atoms with E-state index in [1.807, 2.05) is 24.3 Å². The van der Waals surface area contributed by atoms with Crippen LogP contribution in [0.25, 0.3) is 22.5 Å². The van der Waals surface area contributed by atoms with E-state index in [0.29, 0.717) is 28.9 Å². The molecule has 0 saturated heterocycles. The lowest BCUT2D eigenvalue weighted by Crippen LogP contribution is -2.24. The smallest absolute Gasteiger partial charge is 0.313 e. The van der Waals surface area contributed by atoms with Crippen molar-refractivity contribution in [3.05, 3.63) is 95.8 Å². The van der Waals surface area contributed by atoms with Gasteiger partial charge in [0.15, 0.2) is 12.6 Å². The van der Waals surface area contributed by atoms with Crippen LogP contribution in [0, 0.1) is 17.0 Å². The highest BCUT2D eigenvalue weighted by Crippen LogP contribution is 2.28. The molecule has 38 heavy (non-hydrogen) atoms. The highest BCUT2D eigenvalue weighted by Gasteiger charge is 2.23. The molecule has 0 atom stereocenters. The lowest BCUT2D eigenvalue weighted by Gasteiger charge is -2.16. The molecule has 0 radical (unpaired) electrons. The van der Waals surface area contributed by atoms with Crippen molar-refractivity contribution >= 4 is 5.97 Å². The number of benzene rings is 3. The van der Waals surface area contributed by atoms with Gasteiger partial charge in [-0.05, 0) is 81.3 Å². The summed E-state index contributed by atoms with van der Waals surface area (Å²) < 4.78 is 36.5. The van der Waals surface area contributed by atoms with Crippen LogP contribution in [-0.4, -0.2) is 20.7 Å². The predicted molar refractivity (Wildman–Crippen MR) is 144 cm³/mol. The molecule has 4 aromatic rings. The Morgan fingerprint density at radius 2 is 1.53 bits per heavy atom. The van der Waals surface area contributed by atoms with E-state index in [0.717, 1.165) is 25.7 Å². The van der Waals surface area contributed by atoms with E-state index in [9.17, 15) is 13.6 Å². The highest BCUT2D eigenvalue weighted by molar-refractivity contribution is 5.75. The first-order valence-electron chi connectivity index (χ1n) is 12.9. The van der Waals surface area contributed by atoms with Crippen molar-refractivity contribution < 1.29 is 18.3 Å². The lowest BCUT2D eigenvalue weighted by atomic mass is 9.98. The average Bonchev–Trinajstić information content (AvgIpc) is 3.37. The Kier molecular flexibility index (Phi) is 8.66. The van der Waals surface area contributed by atoms with Crippen molar-refractivity contribution in [2.24, 2.45) is 5.41 Å². The van der Waals surface area contributed by atoms with Gasteiger partial charge >= 0.3 is 5.97 Å². The third-order valence-electron chi connectivity index (χ3n) is 6.31. The molecule has 0 bridgehead atoms. The standard InChI is InChI=1S/C31H33F2N3O2/c1-31(2,3)30(37)38-21-36-20-34-29(35-36)24-15-10-14-23(17-24)25-18-27(32)26(28(33)19-25)16-9-5-8-13-22-11-6-4-7-12-22/h4,6-7,10-12,14-15,17-20H,5,8-9,13,16,21H2,1-3H3. The van der Waals surface area contributed by atoms with Crippen LogP contribution in [0.4, 0.5) is 8.78 Å². The van der Waals surface area contributed by atoms with Crippen molar-refractivity contribution in [3.63, 3.8) is 0 Å². The molecule has 0 spiro atoms. The van der Waals surface area contributed by atoms with Crippen molar-refractivity contribution in [3.8, 4) is 22.5 Å². The number of rotatable bonds is 10. The number of carbonyl (C=O) groups is 1. The molecule has 5 nitrogen and oxygen atoms in total. The van der Waals surface area contributed by atoms with E-state index in [4.69, 9.17) is 4.74 Å². The van der Waals surface area contributed by atoms with Gasteiger partial charge in [-0.3, -0.25) is 4.79 Å². The summed E-state index contributed by atoms with van der Waals surface area (Å²) in [6.45, 7) is 5.28. The minimum Gasteiger partial charge on any atom is -0.442 e. The number of ether oxygens (including phenoxy) is 1. The third kappa shape index (κ3) is 7.12. The molecule has 0 unspecified atom stereocenters. The van der Waals surface area contributed by atoms with Crippen molar-refractivity contribution in [2.45, 2.75) is 59.6 Å². The van der Waals surface area contributed by atoms with Crippen molar-refractivity contribution in [1.82, 2.24) is 14.8 Å². The van der Waals surface area contributed by atoms with Crippen molar-refractivity contribution in [1.29, 1.82) is 0 Å². The number of halogens is 2. The summed E-state index contributed by atoms with van der Waals surface area (Å²) in [4.78, 5) is 16.3. The monoisotopic (exact) mass is 517 g/mol. The van der Waals surface area contributed by atoms with E-state index < -0.39 is 17.0 Å². The van der Waals surface area contributed by atoms with Gasteiger partial charge in [-0.2, -0.15) is 0 Å². The van der Waals surface area contributed by atoms with Gasteiger partial charge in [-0.1, -0.05) is 55.0 Å². The first kappa shape index (κ1) is 27.2. The van der Waals surface area contributed by atoms with E-state index in [1.54, 1.807) is 39.0 Å². The van der Waals surface area contributed by atoms with E-state index in [-0.39, 0.29) is 18.3 Å². The lowest BCUT2D eigenvalue weighted by molar-refractivity contribution is -0.157. The molecule has 0 fully saturated rings. The molecule has 198 valence electrons. The summed E-state index contributed by atoms with van der Waals surface area (Å²) in [5.41, 5.74) is 2.60. The zero-order valence-corrected chi connectivity index (χ0v) is 22.1. The summed E-state index contributed by atoms with van der Waals surface area (Å²) in [5, 5.41) is 4.37. The number of aromatic nitrogens is 3. The molecule has 0 aliphatic heterocycles. The Bertz CT molecular complexity index is 1350. The third-order valence-corrected chi connectivity index (χ3v) is 6.31. The maximum atomic E-state index is 14.9. The number of nitrogens with zero attached hydrogens (tertiary/aromatic N) is 3. The molecular formula is C31H33F2N3O2. The van der Waals surface area contributed by atoms with Gasteiger partial charge < -0.3 is 4.74 Å². The summed E-state index contributed by atoms with van der Waals surface area (Å²) >= 11 is 0. The van der Waals surface area contributed by atoms with Crippen LogP contribution in [0.5, 0.6) is 0 Å². The quantitative estimate of drug-likeness (QED) is 0.163. The van der Waals surface area contributed by atoms with Crippen LogP contribution < -0.4 is 0 Å². The van der Waals surface area contributed by atoms with Gasteiger partial charge in [0.1, 0.15) is 18.0 Å². The number of esters is 1. The van der Waals surface area contributed by atoms with Crippen LogP contribution >= 0.6 is 0 Å². The maximum Gasteiger partial charge on any atom is 0.313 e. The molecule has 0 amide bonds. The van der Waals surface area contributed by atoms with E-state index in [2.05, 4.69) is 22.2 Å². The van der Waals surface area contributed by atoms with Crippen LogP contribution in [-0.2, 0) is 29.1 Å². The maximum absolute atomic E-state index is 14.9. The number of unbranched alkanes of at least 4 members (excludes halogenated alkanes) is 2. The van der Waals surface area contributed by atoms with Crippen LogP contribution in [0.3, 0.4) is 0 Å². The molecule has 7 heteroatoms. The second-order valence-corrected chi connectivity index (χ2v) is 10.5. The Hall–Kier alpha value is -3.87. The molecule has 0 aliphatic carbocycles. The SMILES string of the molecule is CC(C)(C)C(=O)OCn1cnc(-c2cccc(-c3cc(F)c(CCCCCc4ccccc4)c(F)c3)c2)n1. The summed E-state index contributed by atoms with van der Waals surface area (Å²) in [5.74, 6) is -0.976. The van der Waals surface area contributed by atoms with Gasteiger partial charge in [0.25, 0.3) is 0 Å². The van der Waals surface area contributed by atoms with Gasteiger partial charge in [0, 0.05) is 11.1 Å². The average molecular weight is 518 g/mol. The van der Waals surface area contributed by atoms with Crippen molar-refractivity contribution in [2.75, 3.05) is 0 Å². The molecular weight excluding hydrogens is 484 g/mol. The molecule has 0 aliphatic rings. The molecule has 1 aromatic heterocycles. The first-order chi connectivity index (χ1) is 18.2. The Morgan fingerprint density at radius 3 is 2.24 bits per heavy atom. The number of carbonyl (C=O) groups excluding carboxylic acids is 1. The molecule has 0 saturated carbocycles. The fourth-order valence-electron chi connectivity index (χ4n) is 4.13. The number of aryl methyl sites for hydroxylation is 1. The zero-order chi connectivity index (χ0) is 27.1. The van der Waals surface area contributed by atoms with Crippen LogP contribution in [0.1, 0.15) is 51.2 Å². The van der Waals surface area contributed by atoms with Gasteiger partial charge in [-0.15, -0.1) is 5.10 Å². The Labute approximate surface area is 222 Å². The summed E-state index contributed by atoms with van der Waals surface area (Å²) in [6, 6.07) is 20.2. The predicted octanol–water partition coefficient (Wildman–Crippen LogP) is 7.39. The second kappa shape index (κ2) is 12.1. The fourth-order valence-corrected chi connectivity index (χ4v) is 4.13. The normalized spacial score (nSPS) is 11.5. The minimum absolute atomic E-state index is 0.0487. The Balaban J connectivity index is 1.38. The number of hydrogen-bond acceptors (Lipinski definition) is 4. The van der Waals surface area contributed by atoms with Crippen LogP contribution in [0.15, 0.2) is 73.1 Å². The fraction of sp³-hybridized carbons (Fsp3) is 0.323. The van der Waals surface area contributed by atoms with Crippen LogP contribution in [0.2, 0.25) is 0 Å². The molecule has 3 aromatic carbocycles. The summed E-state index contributed by atoms with van der Waals surface area (Å²) in [7, 11) is 0. The number of hydrogen-bond donors (Lipinski definition) is 0. The minimum atomic E-state index is -0.611. The second-order valence-electron chi connectivity index (χ2n) is 10.5. The van der Waals surface area contributed by atoms with Gasteiger partial charge in [0.2, 0.25) is 0 Å². The molecule has 4 rings (SSSR count). The molecule has 0 N–H and O–H groups in total. The van der Waals surface area contributed by atoms with Gasteiger partial charge in [0.05, 0.1) is 5.41 Å². The largest absolute Gasteiger partial charge is 0.442 e. The topological polar surface area (TPSA) is 57.0 Å².